The first-order chi connectivity index (χ1) is 15.3. The number of hydrogen-bond acceptors (Lipinski definition) is 2. The molecule has 160 valence electrons. The molecule has 2 nitrogen and oxygen atoms in total. The van der Waals surface area contributed by atoms with E-state index in [0.717, 1.165) is 31.7 Å². The second-order valence-corrected chi connectivity index (χ2v) is 8.41. The largest absolute Gasteiger partial charge is 0.490 e. The van der Waals surface area contributed by atoms with E-state index in [1.54, 1.807) is 0 Å². The molecule has 1 aliphatic rings. The Balaban J connectivity index is 1.76. The molecule has 3 aromatic carbocycles. The molecule has 3 aromatic rings. The molecule has 1 heterocycles. The number of para-hydroxylation sites is 1. The van der Waals surface area contributed by atoms with E-state index in [4.69, 9.17) is 4.74 Å². The molecule has 0 amide bonds. The summed E-state index contributed by atoms with van der Waals surface area (Å²) in [7, 11) is 0. The van der Waals surface area contributed by atoms with Crippen LogP contribution < -0.4 is 10.1 Å². The molecule has 0 spiro atoms. The summed E-state index contributed by atoms with van der Waals surface area (Å²) in [5.41, 5.74) is 6.57. The lowest BCUT2D eigenvalue weighted by molar-refractivity contribution is 0.160. The first-order valence-electron chi connectivity index (χ1n) is 11.5. The topological polar surface area (TPSA) is 21.3 Å². The molecule has 2 atom stereocenters. The highest BCUT2D eigenvalue weighted by Crippen LogP contribution is 2.37. The van der Waals surface area contributed by atoms with Crippen LogP contribution in [0.1, 0.15) is 43.4 Å². The molecule has 0 bridgehead atoms. The van der Waals surface area contributed by atoms with E-state index in [1.807, 2.05) is 0 Å². The first kappa shape index (κ1) is 21.4. The summed E-state index contributed by atoms with van der Waals surface area (Å²) >= 11 is 0. The van der Waals surface area contributed by atoms with Gasteiger partial charge in [0.05, 0.1) is 6.10 Å². The van der Waals surface area contributed by atoms with Gasteiger partial charge < -0.3 is 10.1 Å². The highest BCUT2D eigenvalue weighted by molar-refractivity contribution is 5.93. The van der Waals surface area contributed by atoms with E-state index in [2.05, 4.69) is 104 Å². The van der Waals surface area contributed by atoms with Crippen molar-refractivity contribution in [3.05, 3.63) is 102 Å². The van der Waals surface area contributed by atoms with Gasteiger partial charge in [-0.25, -0.2) is 0 Å². The van der Waals surface area contributed by atoms with Crippen LogP contribution in [0.25, 0.3) is 11.1 Å². The molecular weight excluding hydrogens is 378 g/mol. The van der Waals surface area contributed by atoms with Gasteiger partial charge in [-0.3, -0.25) is 0 Å². The molecule has 0 aliphatic carbocycles. The zero-order chi connectivity index (χ0) is 21.5. The van der Waals surface area contributed by atoms with Crippen molar-refractivity contribution >= 4 is 11.1 Å². The molecule has 4 rings (SSSR count). The summed E-state index contributed by atoms with van der Waals surface area (Å²) in [6.45, 7) is 6.61. The number of hydrogen-bond donors (Lipinski definition) is 1. The summed E-state index contributed by atoms with van der Waals surface area (Å²) < 4.78 is 6.57. The van der Waals surface area contributed by atoms with Crippen LogP contribution in [-0.4, -0.2) is 19.2 Å². The highest BCUT2D eigenvalue weighted by Gasteiger charge is 2.24. The van der Waals surface area contributed by atoms with Gasteiger partial charge in [0.2, 0.25) is 0 Å². The minimum atomic E-state index is 0.198. The summed E-state index contributed by atoms with van der Waals surface area (Å²) in [6.07, 6.45) is 3.24. The standard InChI is InChI=1S/C29H33NO/c1-3-26(27-16-10-11-17-29(27)31-22(2)25-18-19-30-21-25)28(24-14-8-5-9-15-24)20-23-12-6-4-7-13-23/h4-17,22,25,30H,3,18-21H2,1-2H3/b28-26+. The second kappa shape index (κ2) is 10.5. The Hall–Kier alpha value is -2.84. The van der Waals surface area contributed by atoms with Crippen LogP contribution in [0.2, 0.25) is 0 Å². The molecule has 1 saturated heterocycles. The van der Waals surface area contributed by atoms with E-state index in [-0.39, 0.29) is 6.10 Å². The predicted octanol–water partition coefficient (Wildman–Crippen LogP) is 6.63. The van der Waals surface area contributed by atoms with Crippen molar-refractivity contribution in [1.82, 2.24) is 5.32 Å². The Morgan fingerprint density at radius 3 is 2.26 bits per heavy atom. The minimum absolute atomic E-state index is 0.198. The van der Waals surface area contributed by atoms with Gasteiger partial charge in [0.1, 0.15) is 5.75 Å². The second-order valence-electron chi connectivity index (χ2n) is 8.41. The van der Waals surface area contributed by atoms with Gasteiger partial charge in [-0.2, -0.15) is 0 Å². The van der Waals surface area contributed by atoms with Crippen LogP contribution in [0.15, 0.2) is 84.9 Å². The van der Waals surface area contributed by atoms with E-state index in [0.29, 0.717) is 5.92 Å². The minimum Gasteiger partial charge on any atom is -0.490 e. The maximum Gasteiger partial charge on any atom is 0.127 e. The lowest BCUT2D eigenvalue weighted by atomic mass is 9.88. The van der Waals surface area contributed by atoms with Crippen LogP contribution in [0.4, 0.5) is 0 Å². The van der Waals surface area contributed by atoms with Crippen LogP contribution in [0, 0.1) is 5.92 Å². The average Bonchev–Trinajstić information content (AvgIpc) is 3.36. The van der Waals surface area contributed by atoms with Crippen molar-refractivity contribution in [1.29, 1.82) is 0 Å². The average molecular weight is 412 g/mol. The number of nitrogens with one attached hydrogen (secondary N) is 1. The van der Waals surface area contributed by atoms with Crippen molar-refractivity contribution < 1.29 is 4.74 Å². The lowest BCUT2D eigenvalue weighted by Gasteiger charge is -2.24. The van der Waals surface area contributed by atoms with E-state index in [9.17, 15) is 0 Å². The zero-order valence-corrected chi connectivity index (χ0v) is 18.7. The number of ether oxygens (including phenoxy) is 1. The van der Waals surface area contributed by atoms with Gasteiger partial charge in [-0.15, -0.1) is 0 Å². The zero-order valence-electron chi connectivity index (χ0n) is 18.7. The van der Waals surface area contributed by atoms with Crippen LogP contribution in [0.5, 0.6) is 5.75 Å². The van der Waals surface area contributed by atoms with Crippen LogP contribution in [0.3, 0.4) is 0 Å². The Bertz CT molecular complexity index is 988. The van der Waals surface area contributed by atoms with Crippen molar-refractivity contribution in [3.8, 4) is 5.75 Å². The van der Waals surface area contributed by atoms with E-state index in [1.165, 1.54) is 34.3 Å². The molecule has 1 aliphatic heterocycles. The molecule has 1 fully saturated rings. The molecule has 0 radical (unpaired) electrons. The highest BCUT2D eigenvalue weighted by atomic mass is 16.5. The van der Waals surface area contributed by atoms with Gasteiger partial charge in [-0.05, 0) is 61.1 Å². The third-order valence-electron chi connectivity index (χ3n) is 6.35. The van der Waals surface area contributed by atoms with E-state index < -0.39 is 0 Å². The third kappa shape index (κ3) is 5.26. The third-order valence-corrected chi connectivity index (χ3v) is 6.35. The summed E-state index contributed by atoms with van der Waals surface area (Å²) in [5, 5.41) is 3.47. The summed E-state index contributed by atoms with van der Waals surface area (Å²) in [4.78, 5) is 0. The quantitative estimate of drug-likeness (QED) is 0.420. The van der Waals surface area contributed by atoms with Gasteiger partial charge in [0.25, 0.3) is 0 Å². The molecule has 31 heavy (non-hydrogen) atoms. The van der Waals surface area contributed by atoms with Gasteiger partial charge in [0, 0.05) is 18.0 Å². The Labute approximate surface area is 187 Å². The Kier molecular flexibility index (Phi) is 7.22. The molecule has 0 saturated carbocycles. The maximum atomic E-state index is 6.57. The molecule has 1 N–H and O–H groups in total. The maximum absolute atomic E-state index is 6.57. The van der Waals surface area contributed by atoms with Crippen LogP contribution >= 0.6 is 0 Å². The fourth-order valence-electron chi connectivity index (χ4n) is 4.58. The van der Waals surface area contributed by atoms with E-state index >= 15 is 0 Å². The predicted molar refractivity (Wildman–Crippen MR) is 131 cm³/mol. The molecule has 0 aromatic heterocycles. The monoisotopic (exact) mass is 411 g/mol. The van der Waals surface area contributed by atoms with Gasteiger partial charge in [-0.1, -0.05) is 85.8 Å². The SMILES string of the molecule is CC/C(=C(/Cc1ccccc1)c1ccccc1)c1ccccc1OC(C)C1CCNC1. The fourth-order valence-corrected chi connectivity index (χ4v) is 4.58. The van der Waals surface area contributed by atoms with Crippen molar-refractivity contribution in [2.24, 2.45) is 5.92 Å². The van der Waals surface area contributed by atoms with Crippen LogP contribution in [-0.2, 0) is 6.42 Å². The Morgan fingerprint density at radius 2 is 1.58 bits per heavy atom. The van der Waals surface area contributed by atoms with Gasteiger partial charge >= 0.3 is 0 Å². The molecule has 2 heteroatoms. The number of rotatable bonds is 8. The number of benzene rings is 3. The summed E-state index contributed by atoms with van der Waals surface area (Å²) in [6, 6.07) is 30.1. The smallest absolute Gasteiger partial charge is 0.127 e. The molecule has 2 unspecified atom stereocenters. The first-order valence-corrected chi connectivity index (χ1v) is 11.5. The van der Waals surface area contributed by atoms with Crippen molar-refractivity contribution in [2.45, 2.75) is 39.2 Å². The van der Waals surface area contributed by atoms with Crippen molar-refractivity contribution in [3.63, 3.8) is 0 Å². The fraction of sp³-hybridized carbons (Fsp3) is 0.310. The Morgan fingerprint density at radius 1 is 0.903 bits per heavy atom. The normalized spacial score (nSPS) is 17.8. The molecular formula is C29H33NO. The number of allylic oxidation sites excluding steroid dienone is 2. The van der Waals surface area contributed by atoms with Gasteiger partial charge in [0.15, 0.2) is 0 Å². The van der Waals surface area contributed by atoms with Crippen molar-refractivity contribution in [2.75, 3.05) is 13.1 Å². The lowest BCUT2D eigenvalue weighted by Crippen LogP contribution is -2.26. The summed E-state index contributed by atoms with van der Waals surface area (Å²) in [5.74, 6) is 1.57.